The van der Waals surface area contributed by atoms with E-state index in [9.17, 15) is 29.3 Å². The van der Waals surface area contributed by atoms with Gasteiger partial charge in [0.1, 0.15) is 16.3 Å². The maximum absolute atomic E-state index is 13.9. The first-order valence-corrected chi connectivity index (χ1v) is 13.8. The molecule has 2 bridgehead atoms. The Morgan fingerprint density at radius 1 is 0.875 bits per heavy atom. The number of allylic oxidation sites excluding steroid dienone is 2. The molecule has 0 unspecified atom stereocenters. The van der Waals surface area contributed by atoms with E-state index in [1.165, 1.54) is 30.3 Å². The average Bonchev–Trinajstić information content (AvgIpc) is 3.30. The molecule has 0 radical (unpaired) electrons. The molecule has 9 nitrogen and oxygen atoms in total. The molecule has 3 amide bonds. The van der Waals surface area contributed by atoms with Crippen molar-refractivity contribution in [1.29, 1.82) is 0 Å². The zero-order valence-electron chi connectivity index (χ0n) is 19.4. The molecule has 2 aromatic carbocycles. The first-order valence-electron chi connectivity index (χ1n) is 11.2. The molecule has 1 saturated carbocycles. The number of halogens is 7. The van der Waals surface area contributed by atoms with Crippen LogP contribution < -0.4 is 0 Å². The number of ketones is 1. The lowest BCUT2D eigenvalue weighted by Crippen LogP contribution is -2.56. The highest BCUT2D eigenvalue weighted by Crippen LogP contribution is 2.77. The summed E-state index contributed by atoms with van der Waals surface area (Å²) in [6.45, 7) is -0.856. The number of hydrogen-bond acceptors (Lipinski definition) is 6. The molecular formula is C24H12Cl7N3O6. The van der Waals surface area contributed by atoms with Crippen LogP contribution in [0.25, 0.3) is 0 Å². The van der Waals surface area contributed by atoms with E-state index in [2.05, 4.69) is 0 Å². The van der Waals surface area contributed by atoms with E-state index in [0.717, 1.165) is 12.1 Å². The molecule has 1 saturated heterocycles. The van der Waals surface area contributed by atoms with Crippen LogP contribution in [0.1, 0.15) is 20.7 Å². The number of carbonyl (C=O) groups excluding carboxylic acids is 4. The van der Waals surface area contributed by atoms with Crippen molar-refractivity contribution in [2.24, 2.45) is 11.8 Å². The van der Waals surface area contributed by atoms with Gasteiger partial charge >= 0.3 is 0 Å². The second-order valence-electron chi connectivity index (χ2n) is 9.14. The van der Waals surface area contributed by atoms with Crippen molar-refractivity contribution in [3.8, 4) is 0 Å². The standard InChI is InChI=1S/C24H12Cl7N3O6/c25-13-4-2-1-3-12(13)19(36)32(9-14(35)10-5-7-11(8-6-10)34(39)40)33-20(37)15-16(21(33)38)23(29)18(27)17(26)22(15,28)24(23,30)31/h1-8,15-16H,9H2/t15-,16-,22-,23-/m1/s1. The van der Waals surface area contributed by atoms with Crippen molar-refractivity contribution in [1.82, 2.24) is 10.0 Å². The number of carbonyl (C=O) groups is 4. The van der Waals surface area contributed by atoms with Gasteiger partial charge in [-0.1, -0.05) is 70.1 Å². The predicted octanol–water partition coefficient (Wildman–Crippen LogP) is 5.94. The van der Waals surface area contributed by atoms with Crippen LogP contribution in [-0.2, 0) is 9.59 Å². The third kappa shape index (κ3) is 3.68. The molecule has 2 aromatic rings. The number of nitrogens with zero attached hydrogens (tertiary/aromatic N) is 3. The quantitative estimate of drug-likeness (QED) is 0.122. The summed E-state index contributed by atoms with van der Waals surface area (Å²) < 4.78 is -2.20. The molecular weight excluding hydrogens is 674 g/mol. The van der Waals surface area contributed by atoms with Crippen molar-refractivity contribution < 1.29 is 24.1 Å². The van der Waals surface area contributed by atoms with E-state index in [0.29, 0.717) is 10.0 Å². The summed E-state index contributed by atoms with van der Waals surface area (Å²) in [5.74, 6) is -6.99. The summed E-state index contributed by atoms with van der Waals surface area (Å²) in [7, 11) is 0. The number of fused-ring (bicyclic) bond motifs is 5. The van der Waals surface area contributed by atoms with E-state index in [1.807, 2.05) is 0 Å². The summed E-state index contributed by atoms with van der Waals surface area (Å²) in [5, 5.41) is 11.3. The van der Waals surface area contributed by atoms with Crippen LogP contribution in [0.2, 0.25) is 5.02 Å². The van der Waals surface area contributed by atoms with Crippen LogP contribution in [0.5, 0.6) is 0 Å². The first kappa shape index (κ1) is 29.4. The summed E-state index contributed by atoms with van der Waals surface area (Å²) in [6, 6.07) is 10.3. The van der Waals surface area contributed by atoms with E-state index in [1.54, 1.807) is 6.07 Å². The summed E-state index contributed by atoms with van der Waals surface area (Å²) in [6.07, 6.45) is 0. The molecule has 5 rings (SSSR count). The number of nitro benzene ring substituents is 1. The third-order valence-electron chi connectivity index (χ3n) is 7.16. The molecule has 2 fully saturated rings. The van der Waals surface area contributed by atoms with E-state index >= 15 is 0 Å². The van der Waals surface area contributed by atoms with E-state index in [-0.39, 0.29) is 31.9 Å². The van der Waals surface area contributed by atoms with Crippen LogP contribution in [0, 0.1) is 22.0 Å². The normalized spacial score (nSPS) is 28.2. The minimum absolute atomic E-state index is 0.0319. The Morgan fingerprint density at radius 3 is 1.85 bits per heavy atom. The SMILES string of the molecule is O=C(CN(C(=O)c1ccccc1Cl)N1C(=O)[C@H]2[C@H](C1=O)[C@@]1(Cl)C(Cl)=C(Cl)[C@@]2(Cl)C1(Cl)Cl)c1ccc([N+](=O)[O-])cc1. The topological polar surface area (TPSA) is 118 Å². The van der Waals surface area contributed by atoms with Gasteiger partial charge in [-0.25, -0.2) is 5.01 Å². The molecule has 0 spiro atoms. The van der Waals surface area contributed by atoms with Crippen LogP contribution in [0.4, 0.5) is 5.69 Å². The second kappa shape index (κ2) is 9.73. The lowest BCUT2D eigenvalue weighted by molar-refractivity contribution is -0.384. The van der Waals surface area contributed by atoms with Gasteiger partial charge in [-0.2, -0.15) is 5.01 Å². The van der Waals surface area contributed by atoms with Crippen molar-refractivity contribution >= 4 is 110 Å². The molecule has 4 atom stereocenters. The fraction of sp³-hybridized carbons (Fsp3) is 0.250. The minimum Gasteiger partial charge on any atom is -0.292 e. The number of benzene rings is 2. The monoisotopic (exact) mass is 683 g/mol. The van der Waals surface area contributed by atoms with Crippen molar-refractivity contribution in [3.05, 3.63) is 84.9 Å². The number of imide groups is 1. The largest absolute Gasteiger partial charge is 0.292 e. The van der Waals surface area contributed by atoms with Crippen molar-refractivity contribution in [2.45, 2.75) is 14.1 Å². The zero-order chi connectivity index (χ0) is 29.5. The highest BCUT2D eigenvalue weighted by molar-refractivity contribution is 6.66. The van der Waals surface area contributed by atoms with Crippen molar-refractivity contribution in [3.63, 3.8) is 0 Å². The third-order valence-corrected chi connectivity index (χ3v) is 11.7. The Labute approximate surface area is 260 Å². The number of alkyl halides is 4. The Morgan fingerprint density at radius 2 is 1.38 bits per heavy atom. The fourth-order valence-electron chi connectivity index (χ4n) is 5.22. The van der Waals surface area contributed by atoms with Gasteiger partial charge in [-0.05, 0) is 24.3 Å². The highest BCUT2D eigenvalue weighted by Gasteiger charge is 2.88. The zero-order valence-corrected chi connectivity index (χ0v) is 24.7. The molecule has 0 N–H and O–H groups in total. The average molecular weight is 687 g/mol. The number of rotatable bonds is 6. The van der Waals surface area contributed by atoms with Crippen LogP contribution in [0.3, 0.4) is 0 Å². The number of non-ortho nitro benzene ring substituents is 1. The Kier molecular flexibility index (Phi) is 7.15. The van der Waals surface area contributed by atoms with Gasteiger partial charge in [-0.15, -0.1) is 23.2 Å². The molecule has 0 aromatic heterocycles. The summed E-state index contributed by atoms with van der Waals surface area (Å²) >= 11 is 45.4. The Hall–Kier alpha value is -2.11. The fourth-order valence-corrected chi connectivity index (χ4v) is 8.37. The predicted molar refractivity (Wildman–Crippen MR) is 149 cm³/mol. The Bertz CT molecular complexity index is 1520. The molecule has 1 aliphatic heterocycles. The number of amides is 3. The first-order chi connectivity index (χ1) is 18.6. The smallest absolute Gasteiger partial charge is 0.274 e. The number of nitro groups is 1. The number of hydrazine groups is 1. The second-order valence-corrected chi connectivity index (χ2v) is 12.8. The van der Waals surface area contributed by atoms with Gasteiger partial charge in [0.05, 0.1) is 37.4 Å². The van der Waals surface area contributed by atoms with Crippen LogP contribution in [-0.4, -0.2) is 59.1 Å². The number of Topliss-reactive ketones (excluding diaryl/α,β-unsaturated/α-hetero) is 1. The lowest BCUT2D eigenvalue weighted by Gasteiger charge is -2.36. The molecule has 3 aliphatic rings. The molecule has 2 aliphatic carbocycles. The maximum Gasteiger partial charge on any atom is 0.274 e. The van der Waals surface area contributed by atoms with Gasteiger partial charge in [0.15, 0.2) is 10.1 Å². The van der Waals surface area contributed by atoms with Gasteiger partial charge in [-0.3, -0.25) is 29.3 Å². The summed E-state index contributed by atoms with van der Waals surface area (Å²) in [5.41, 5.74) is -0.459. The molecule has 16 heteroatoms. The van der Waals surface area contributed by atoms with E-state index < -0.39 is 60.9 Å². The Balaban J connectivity index is 1.59. The van der Waals surface area contributed by atoms with Crippen LogP contribution in [0.15, 0.2) is 58.6 Å². The molecule has 1 heterocycles. The minimum atomic E-state index is -2.20. The van der Waals surface area contributed by atoms with Gasteiger partial charge in [0, 0.05) is 17.7 Å². The molecule has 208 valence electrons. The molecule has 40 heavy (non-hydrogen) atoms. The van der Waals surface area contributed by atoms with Crippen LogP contribution >= 0.6 is 81.2 Å². The van der Waals surface area contributed by atoms with Gasteiger partial charge < -0.3 is 0 Å². The maximum atomic E-state index is 13.9. The lowest BCUT2D eigenvalue weighted by atomic mass is 9.84. The number of hydrogen-bond donors (Lipinski definition) is 0. The van der Waals surface area contributed by atoms with Gasteiger partial charge in [0.25, 0.3) is 23.4 Å². The van der Waals surface area contributed by atoms with Gasteiger partial charge in [0.2, 0.25) is 0 Å². The van der Waals surface area contributed by atoms with E-state index in [4.69, 9.17) is 81.2 Å². The highest BCUT2D eigenvalue weighted by atomic mass is 35.5. The van der Waals surface area contributed by atoms with Crippen molar-refractivity contribution in [2.75, 3.05) is 6.54 Å². The summed E-state index contributed by atoms with van der Waals surface area (Å²) in [4.78, 5) is 60.8.